The minimum absolute atomic E-state index is 0.00989. The Bertz CT molecular complexity index is 2550. The van der Waals surface area contributed by atoms with Crippen molar-refractivity contribution in [1.82, 2.24) is 49.6 Å². The Morgan fingerprint density at radius 3 is 2.34 bits per heavy atom. The van der Waals surface area contributed by atoms with E-state index >= 15 is 8.78 Å². The summed E-state index contributed by atoms with van der Waals surface area (Å²) in [5.41, 5.74) is 3.38. The summed E-state index contributed by atoms with van der Waals surface area (Å²) in [5.74, 6) is -0.960. The molecule has 5 aromatic rings. The van der Waals surface area contributed by atoms with Crippen LogP contribution in [0.3, 0.4) is 0 Å². The molecule has 2 N–H and O–H groups in total. The summed E-state index contributed by atoms with van der Waals surface area (Å²) in [7, 11) is 0. The predicted molar refractivity (Wildman–Crippen MR) is 222 cm³/mol. The van der Waals surface area contributed by atoms with E-state index in [1.54, 1.807) is 24.4 Å². The van der Waals surface area contributed by atoms with Crippen molar-refractivity contribution < 1.29 is 28.0 Å². The molecule has 0 radical (unpaired) electrons. The summed E-state index contributed by atoms with van der Waals surface area (Å²) < 4.78 is 32.1. The summed E-state index contributed by atoms with van der Waals surface area (Å²) in [5, 5.41) is 7.13. The predicted octanol–water partition coefficient (Wildman–Crippen LogP) is 5.29. The number of amides is 5. The number of urea groups is 1. The van der Waals surface area contributed by atoms with Gasteiger partial charge in [-0.15, -0.1) is 0 Å². The van der Waals surface area contributed by atoms with E-state index in [9.17, 15) is 19.2 Å². The van der Waals surface area contributed by atoms with E-state index in [4.69, 9.17) is 0 Å². The minimum atomic E-state index is -0.777. The van der Waals surface area contributed by atoms with Crippen molar-refractivity contribution in [2.45, 2.75) is 52.6 Å². The van der Waals surface area contributed by atoms with Crippen LogP contribution in [0.4, 0.5) is 31.0 Å². The smallest absolute Gasteiger partial charge is 0.343 e. The van der Waals surface area contributed by atoms with Crippen molar-refractivity contribution in [3.05, 3.63) is 89.0 Å². The minimum Gasteiger partial charge on any atom is -0.371 e. The van der Waals surface area contributed by atoms with Crippen molar-refractivity contribution >= 4 is 52.2 Å². The molecule has 5 amide bonds. The standard InChI is InChI=1S/C43H46F2N12O4/c1-25(2)56-26(3)48-39-31(44)19-29(20-34(39)56)38-32(45)22-47-42(51-38)49-35-8-7-28(21-46-35)24-53-17-15-52(16-18-53)23-27-9-12-54(13-10-27)33-6-4-5-30-37(33)41(60)57(40(30)59)55-14-11-36(58)50-43(55)61/h4-8,19-22,25,27H,9-18,23-24H2,1-3H3,(H,50,58,61)(H,46,47,49,51). The molecule has 0 bridgehead atoms. The first-order valence-electron chi connectivity index (χ1n) is 20.7. The lowest BCUT2D eigenvalue weighted by Gasteiger charge is -2.39. The van der Waals surface area contributed by atoms with Crippen LogP contribution in [0.2, 0.25) is 0 Å². The highest BCUT2D eigenvalue weighted by molar-refractivity contribution is 6.24. The van der Waals surface area contributed by atoms with Gasteiger partial charge < -0.3 is 19.7 Å². The number of hydrogen-bond acceptors (Lipinski definition) is 12. The summed E-state index contributed by atoms with van der Waals surface area (Å²) >= 11 is 0. The highest BCUT2D eigenvalue weighted by Crippen LogP contribution is 2.36. The van der Waals surface area contributed by atoms with Crippen LogP contribution >= 0.6 is 0 Å². The molecule has 3 saturated heterocycles. The molecule has 3 aromatic heterocycles. The number of rotatable bonds is 10. The van der Waals surface area contributed by atoms with Gasteiger partial charge in [-0.25, -0.2) is 38.5 Å². The topological polar surface area (TPSA) is 165 Å². The van der Waals surface area contributed by atoms with Crippen molar-refractivity contribution in [1.29, 1.82) is 0 Å². The second kappa shape index (κ2) is 16.2. The van der Waals surface area contributed by atoms with E-state index in [0.717, 1.165) is 87.0 Å². The monoisotopic (exact) mass is 832 g/mol. The Balaban J connectivity index is 0.757. The summed E-state index contributed by atoms with van der Waals surface area (Å²) in [4.78, 5) is 75.6. The molecule has 0 unspecified atom stereocenters. The van der Waals surface area contributed by atoms with Crippen molar-refractivity contribution in [3.8, 4) is 11.3 Å². The highest BCUT2D eigenvalue weighted by Gasteiger charge is 2.45. The fourth-order valence-corrected chi connectivity index (χ4v) is 8.99. The molecule has 9 rings (SSSR count). The quantitative estimate of drug-likeness (QED) is 0.175. The second-order valence-corrected chi connectivity index (χ2v) is 16.4. The van der Waals surface area contributed by atoms with E-state index in [2.05, 4.69) is 45.3 Å². The lowest BCUT2D eigenvalue weighted by molar-refractivity contribution is -0.122. The number of piperazine rings is 1. The largest absolute Gasteiger partial charge is 0.371 e. The Labute approximate surface area is 350 Å². The van der Waals surface area contributed by atoms with Crippen LogP contribution in [0.1, 0.15) is 71.3 Å². The number of aryl methyl sites for hydroxylation is 1. The van der Waals surface area contributed by atoms with E-state index in [-0.39, 0.29) is 47.3 Å². The van der Waals surface area contributed by atoms with Gasteiger partial charge in [-0.05, 0) is 75.4 Å². The van der Waals surface area contributed by atoms with Crippen LogP contribution in [0, 0.1) is 24.5 Å². The van der Waals surface area contributed by atoms with Gasteiger partial charge in [0.1, 0.15) is 22.9 Å². The number of aromatic nitrogens is 5. The maximum absolute atomic E-state index is 15.2. The molecule has 0 aliphatic carbocycles. The third kappa shape index (κ3) is 7.76. The Hall–Kier alpha value is -6.40. The molecule has 4 aliphatic heterocycles. The molecule has 316 valence electrons. The number of anilines is 3. The van der Waals surface area contributed by atoms with Crippen LogP contribution < -0.4 is 15.5 Å². The first-order valence-corrected chi connectivity index (χ1v) is 20.7. The fourth-order valence-electron chi connectivity index (χ4n) is 8.99. The Morgan fingerprint density at radius 2 is 1.62 bits per heavy atom. The number of hydrazine groups is 1. The SMILES string of the molecule is Cc1nc2c(F)cc(-c3nc(Nc4ccc(CN5CCN(CC6CCN(c7cccc8c7C(=O)N(N7CCC(=O)NC7=O)C8=O)CC6)CC5)cn4)ncc3F)cc2n1C(C)C. The molecular formula is C43H46F2N12O4. The van der Waals surface area contributed by atoms with Gasteiger partial charge in [0.05, 0.1) is 35.1 Å². The lowest BCUT2D eigenvalue weighted by atomic mass is 9.94. The van der Waals surface area contributed by atoms with E-state index in [1.165, 1.54) is 6.07 Å². The number of hydrogen-bond donors (Lipinski definition) is 2. The molecule has 0 atom stereocenters. The highest BCUT2D eigenvalue weighted by atomic mass is 19.1. The van der Waals surface area contributed by atoms with E-state index < -0.39 is 35.4 Å². The van der Waals surface area contributed by atoms with Gasteiger partial charge in [-0.1, -0.05) is 12.1 Å². The number of halogens is 2. The summed E-state index contributed by atoms with van der Waals surface area (Å²) in [6.07, 6.45) is 4.78. The van der Waals surface area contributed by atoms with Crippen molar-refractivity contribution in [2.24, 2.45) is 5.92 Å². The second-order valence-electron chi connectivity index (χ2n) is 16.4. The van der Waals surface area contributed by atoms with E-state index in [1.807, 2.05) is 43.5 Å². The molecule has 16 nitrogen and oxygen atoms in total. The third-order valence-electron chi connectivity index (χ3n) is 12.0. The molecule has 0 spiro atoms. The zero-order valence-electron chi connectivity index (χ0n) is 34.2. The van der Waals surface area contributed by atoms with Crippen molar-refractivity contribution in [2.75, 3.05) is 62.6 Å². The molecule has 18 heteroatoms. The number of carbonyl (C=O) groups excluding carboxylic acids is 4. The Morgan fingerprint density at radius 1 is 0.852 bits per heavy atom. The van der Waals surface area contributed by atoms with Gasteiger partial charge in [0.15, 0.2) is 11.6 Å². The molecular weight excluding hydrogens is 787 g/mol. The molecule has 3 fully saturated rings. The Kier molecular flexibility index (Phi) is 10.6. The van der Waals surface area contributed by atoms with Crippen LogP contribution in [0.5, 0.6) is 0 Å². The number of imide groups is 2. The van der Waals surface area contributed by atoms with Crippen molar-refractivity contribution in [3.63, 3.8) is 0 Å². The maximum atomic E-state index is 15.2. The summed E-state index contributed by atoms with van der Waals surface area (Å²) in [6.45, 7) is 12.7. The summed E-state index contributed by atoms with van der Waals surface area (Å²) in [6, 6.07) is 11.3. The number of nitrogens with zero attached hydrogens (tertiary/aromatic N) is 10. The van der Waals surface area contributed by atoms with Gasteiger partial charge in [-0.3, -0.25) is 24.6 Å². The number of fused-ring (bicyclic) bond motifs is 2. The number of benzene rings is 2. The van der Waals surface area contributed by atoms with E-state index in [0.29, 0.717) is 34.3 Å². The third-order valence-corrected chi connectivity index (χ3v) is 12.0. The fraction of sp³-hybridized carbons (Fsp3) is 0.395. The molecule has 61 heavy (non-hydrogen) atoms. The molecule has 2 aromatic carbocycles. The van der Waals surface area contributed by atoms with Gasteiger partial charge in [0.2, 0.25) is 11.9 Å². The zero-order chi connectivity index (χ0) is 42.5. The van der Waals surface area contributed by atoms with Crippen LogP contribution in [0.15, 0.2) is 54.9 Å². The normalized spacial score (nSPS) is 18.2. The lowest BCUT2D eigenvalue weighted by Crippen LogP contribution is -2.58. The molecule has 4 aliphatic rings. The zero-order valence-corrected chi connectivity index (χ0v) is 34.2. The van der Waals surface area contributed by atoms with Gasteiger partial charge in [0, 0.05) is 76.6 Å². The first kappa shape index (κ1) is 40.0. The number of carbonyl (C=O) groups is 4. The number of pyridine rings is 1. The van der Waals surface area contributed by atoms with Gasteiger partial charge >= 0.3 is 6.03 Å². The average Bonchev–Trinajstić information content (AvgIpc) is 3.72. The molecule has 7 heterocycles. The maximum Gasteiger partial charge on any atom is 0.343 e. The average molecular weight is 833 g/mol. The van der Waals surface area contributed by atoms with Gasteiger partial charge in [-0.2, -0.15) is 5.01 Å². The number of piperidine rings is 1. The van der Waals surface area contributed by atoms with Crippen LogP contribution in [0.25, 0.3) is 22.3 Å². The first-order chi connectivity index (χ1) is 29.4. The van der Waals surface area contributed by atoms with Crippen LogP contribution in [-0.2, 0) is 11.3 Å². The number of imidazole rings is 1. The number of nitrogens with one attached hydrogen (secondary N) is 2. The van der Waals surface area contributed by atoms with Gasteiger partial charge in [0.25, 0.3) is 11.8 Å². The molecule has 0 saturated carbocycles. The van der Waals surface area contributed by atoms with Crippen LogP contribution in [-0.4, -0.2) is 120 Å².